The van der Waals surface area contributed by atoms with Gasteiger partial charge in [-0.15, -0.1) is 0 Å². The molecule has 0 spiro atoms. The van der Waals surface area contributed by atoms with Gasteiger partial charge in [-0.1, -0.05) is 6.07 Å². The molecule has 19 heavy (non-hydrogen) atoms. The minimum Gasteiger partial charge on any atom is -0.297 e. The number of likely N-dealkylation sites (tertiary alicyclic amines) is 1. The van der Waals surface area contributed by atoms with E-state index in [0.717, 1.165) is 25.3 Å². The fourth-order valence-corrected chi connectivity index (χ4v) is 2.76. The number of hydrogen-bond acceptors (Lipinski definition) is 4. The SMILES string of the molecule is c1ccc(CN2CCC[C@@H](Cn3cncn3)C2)nc1. The lowest BCUT2D eigenvalue weighted by Gasteiger charge is -2.32. The molecule has 0 bridgehead atoms. The minimum absolute atomic E-state index is 0.666. The molecule has 0 N–H and O–H groups in total. The molecule has 1 aliphatic heterocycles. The number of piperidine rings is 1. The van der Waals surface area contributed by atoms with Crippen molar-refractivity contribution in [3.8, 4) is 0 Å². The number of nitrogens with zero attached hydrogens (tertiary/aromatic N) is 5. The van der Waals surface area contributed by atoms with Gasteiger partial charge in [0.2, 0.25) is 0 Å². The van der Waals surface area contributed by atoms with E-state index >= 15 is 0 Å². The lowest BCUT2D eigenvalue weighted by atomic mass is 9.98. The van der Waals surface area contributed by atoms with E-state index in [9.17, 15) is 0 Å². The van der Waals surface area contributed by atoms with Gasteiger partial charge in [-0.05, 0) is 37.4 Å². The average molecular weight is 257 g/mol. The van der Waals surface area contributed by atoms with Crippen LogP contribution in [0.2, 0.25) is 0 Å². The van der Waals surface area contributed by atoms with Crippen molar-refractivity contribution in [3.05, 3.63) is 42.7 Å². The van der Waals surface area contributed by atoms with E-state index in [1.54, 1.807) is 12.7 Å². The van der Waals surface area contributed by atoms with Gasteiger partial charge in [0.15, 0.2) is 0 Å². The molecular weight excluding hydrogens is 238 g/mol. The van der Waals surface area contributed by atoms with Crippen molar-refractivity contribution in [2.75, 3.05) is 13.1 Å². The second-order valence-electron chi connectivity index (χ2n) is 5.18. The summed E-state index contributed by atoms with van der Waals surface area (Å²) < 4.78 is 1.94. The number of hydrogen-bond donors (Lipinski definition) is 0. The molecule has 2 aromatic heterocycles. The highest BCUT2D eigenvalue weighted by Gasteiger charge is 2.20. The van der Waals surface area contributed by atoms with Gasteiger partial charge in [0.05, 0.1) is 5.69 Å². The van der Waals surface area contributed by atoms with Crippen LogP contribution in [0.1, 0.15) is 18.5 Å². The van der Waals surface area contributed by atoms with Crippen LogP contribution in [0.25, 0.3) is 0 Å². The molecule has 0 saturated carbocycles. The predicted molar refractivity (Wildman–Crippen MR) is 72.3 cm³/mol. The Morgan fingerprint density at radius 1 is 1.32 bits per heavy atom. The van der Waals surface area contributed by atoms with Gasteiger partial charge in [-0.2, -0.15) is 5.10 Å². The largest absolute Gasteiger partial charge is 0.297 e. The minimum atomic E-state index is 0.666. The van der Waals surface area contributed by atoms with Crippen LogP contribution in [0, 0.1) is 5.92 Å². The van der Waals surface area contributed by atoms with Gasteiger partial charge >= 0.3 is 0 Å². The lowest BCUT2D eigenvalue weighted by molar-refractivity contribution is 0.152. The summed E-state index contributed by atoms with van der Waals surface area (Å²) in [6, 6.07) is 6.12. The quantitative estimate of drug-likeness (QED) is 0.834. The predicted octanol–water partition coefficient (Wildman–Crippen LogP) is 1.59. The molecule has 0 unspecified atom stereocenters. The third-order valence-corrected chi connectivity index (χ3v) is 3.63. The first-order valence-corrected chi connectivity index (χ1v) is 6.85. The van der Waals surface area contributed by atoms with Crippen molar-refractivity contribution >= 4 is 0 Å². The van der Waals surface area contributed by atoms with Gasteiger partial charge < -0.3 is 0 Å². The van der Waals surface area contributed by atoms with Crippen LogP contribution in [-0.2, 0) is 13.1 Å². The second-order valence-corrected chi connectivity index (χ2v) is 5.18. The van der Waals surface area contributed by atoms with Crippen LogP contribution in [0.5, 0.6) is 0 Å². The maximum Gasteiger partial charge on any atom is 0.137 e. The van der Waals surface area contributed by atoms with Crippen molar-refractivity contribution in [3.63, 3.8) is 0 Å². The Bertz CT molecular complexity index is 482. The van der Waals surface area contributed by atoms with Gasteiger partial charge in [0.25, 0.3) is 0 Å². The molecule has 5 heteroatoms. The summed E-state index contributed by atoms with van der Waals surface area (Å²) in [5.74, 6) is 0.666. The molecule has 0 aromatic carbocycles. The van der Waals surface area contributed by atoms with Crippen LogP contribution < -0.4 is 0 Å². The third kappa shape index (κ3) is 3.38. The monoisotopic (exact) mass is 257 g/mol. The summed E-state index contributed by atoms with van der Waals surface area (Å²) in [5, 5.41) is 4.19. The summed E-state index contributed by atoms with van der Waals surface area (Å²) in [4.78, 5) is 10.9. The van der Waals surface area contributed by atoms with E-state index in [2.05, 4.69) is 32.1 Å². The van der Waals surface area contributed by atoms with Crippen LogP contribution >= 0.6 is 0 Å². The molecule has 1 fully saturated rings. The summed E-state index contributed by atoms with van der Waals surface area (Å²) in [6.45, 7) is 4.22. The zero-order valence-corrected chi connectivity index (χ0v) is 11.0. The molecule has 1 aliphatic rings. The van der Waals surface area contributed by atoms with Crippen LogP contribution in [0.3, 0.4) is 0 Å². The van der Waals surface area contributed by atoms with Crippen LogP contribution in [-0.4, -0.2) is 37.7 Å². The smallest absolute Gasteiger partial charge is 0.137 e. The summed E-state index contributed by atoms with van der Waals surface area (Å²) >= 11 is 0. The van der Waals surface area contributed by atoms with Crippen molar-refractivity contribution < 1.29 is 0 Å². The van der Waals surface area contributed by atoms with Crippen molar-refractivity contribution in [1.29, 1.82) is 0 Å². The molecule has 2 aromatic rings. The topological polar surface area (TPSA) is 46.8 Å². The normalized spacial score (nSPS) is 20.5. The Morgan fingerprint density at radius 2 is 2.32 bits per heavy atom. The second kappa shape index (κ2) is 5.93. The standard InChI is InChI=1S/C14H19N5/c1-2-6-16-14(5-1)10-18-7-3-4-13(8-18)9-19-12-15-11-17-19/h1-2,5-6,11-13H,3-4,7-10H2/t13-/m1/s1. The zero-order valence-electron chi connectivity index (χ0n) is 11.0. The van der Waals surface area contributed by atoms with Crippen molar-refractivity contribution in [1.82, 2.24) is 24.6 Å². The average Bonchev–Trinajstić information content (AvgIpc) is 2.93. The molecule has 0 aliphatic carbocycles. The molecule has 0 amide bonds. The molecule has 5 nitrogen and oxygen atoms in total. The molecule has 0 radical (unpaired) electrons. The number of rotatable bonds is 4. The summed E-state index contributed by atoms with van der Waals surface area (Å²) in [5.41, 5.74) is 1.16. The molecular formula is C14H19N5. The van der Waals surface area contributed by atoms with Gasteiger partial charge in [-0.25, -0.2) is 4.98 Å². The zero-order chi connectivity index (χ0) is 12.9. The van der Waals surface area contributed by atoms with Crippen molar-refractivity contribution in [2.45, 2.75) is 25.9 Å². The first-order chi connectivity index (χ1) is 9.40. The molecule has 3 heterocycles. The lowest BCUT2D eigenvalue weighted by Crippen LogP contribution is -2.36. The first-order valence-electron chi connectivity index (χ1n) is 6.85. The third-order valence-electron chi connectivity index (χ3n) is 3.63. The molecule has 100 valence electrons. The Balaban J connectivity index is 1.56. The van der Waals surface area contributed by atoms with Crippen LogP contribution in [0.15, 0.2) is 37.1 Å². The fraction of sp³-hybridized carbons (Fsp3) is 0.500. The molecule has 3 rings (SSSR count). The summed E-state index contributed by atoms with van der Waals surface area (Å²) in [7, 11) is 0. The molecule has 1 atom stereocenters. The first kappa shape index (κ1) is 12.3. The van der Waals surface area contributed by atoms with Gasteiger partial charge in [0, 0.05) is 25.8 Å². The highest BCUT2D eigenvalue weighted by atomic mass is 15.3. The van der Waals surface area contributed by atoms with Gasteiger partial charge in [0.1, 0.15) is 12.7 Å². The molecule has 1 saturated heterocycles. The van der Waals surface area contributed by atoms with E-state index in [-0.39, 0.29) is 0 Å². The highest BCUT2D eigenvalue weighted by Crippen LogP contribution is 2.19. The van der Waals surface area contributed by atoms with E-state index in [4.69, 9.17) is 0 Å². The van der Waals surface area contributed by atoms with E-state index < -0.39 is 0 Å². The van der Waals surface area contributed by atoms with Crippen LogP contribution in [0.4, 0.5) is 0 Å². The number of aromatic nitrogens is 4. The summed E-state index contributed by atoms with van der Waals surface area (Å²) in [6.07, 6.45) is 7.81. The highest BCUT2D eigenvalue weighted by molar-refractivity contribution is 5.03. The maximum atomic E-state index is 4.40. The Hall–Kier alpha value is -1.75. The van der Waals surface area contributed by atoms with Crippen molar-refractivity contribution in [2.24, 2.45) is 5.92 Å². The maximum absolute atomic E-state index is 4.40. The Morgan fingerprint density at radius 3 is 3.11 bits per heavy atom. The van der Waals surface area contributed by atoms with E-state index in [1.807, 2.05) is 16.9 Å². The Labute approximate surface area is 113 Å². The van der Waals surface area contributed by atoms with Gasteiger partial charge in [-0.3, -0.25) is 14.6 Å². The Kier molecular flexibility index (Phi) is 3.83. The van der Waals surface area contributed by atoms with E-state index in [0.29, 0.717) is 5.92 Å². The van der Waals surface area contributed by atoms with E-state index in [1.165, 1.54) is 19.4 Å². The number of pyridine rings is 1. The fourth-order valence-electron chi connectivity index (χ4n) is 2.76.